The highest BCUT2D eigenvalue weighted by Crippen LogP contribution is 2.27. The third kappa shape index (κ3) is 3.25. The minimum atomic E-state index is 0.417. The Morgan fingerprint density at radius 2 is 1.95 bits per heavy atom. The molecule has 0 saturated heterocycles. The summed E-state index contributed by atoms with van der Waals surface area (Å²) < 4.78 is 4.25. The molecule has 2 aromatic rings. The van der Waals surface area contributed by atoms with E-state index in [2.05, 4.69) is 30.4 Å². The van der Waals surface area contributed by atoms with Gasteiger partial charge in [0.05, 0.1) is 11.6 Å². The Morgan fingerprint density at radius 1 is 1.19 bits per heavy atom. The number of rotatable bonds is 8. The van der Waals surface area contributed by atoms with E-state index in [0.29, 0.717) is 11.9 Å². The lowest BCUT2D eigenvalue weighted by atomic mass is 10.1. The molecule has 1 unspecified atom stereocenters. The lowest BCUT2D eigenvalue weighted by Gasteiger charge is -2.17. The van der Waals surface area contributed by atoms with E-state index in [1.165, 1.54) is 32.1 Å². The van der Waals surface area contributed by atoms with Gasteiger partial charge in [0.2, 0.25) is 0 Å². The summed E-state index contributed by atoms with van der Waals surface area (Å²) in [7, 11) is 2.00. The molecule has 118 valence electrons. The highest BCUT2D eigenvalue weighted by Gasteiger charge is 2.21. The van der Waals surface area contributed by atoms with Crippen molar-refractivity contribution in [2.75, 3.05) is 0 Å². The second-order valence-corrected chi connectivity index (χ2v) is 6.09. The lowest BCUT2D eigenvalue weighted by molar-refractivity contribution is 0.465. The van der Waals surface area contributed by atoms with Crippen LogP contribution in [-0.4, -0.2) is 19.3 Å². The predicted molar refractivity (Wildman–Crippen MR) is 88.9 cm³/mol. The van der Waals surface area contributed by atoms with Gasteiger partial charge in [-0.25, -0.2) is 4.98 Å². The molecular formula is C16H27ClN4. The average Bonchev–Trinajstić information content (AvgIpc) is 3.01. The van der Waals surface area contributed by atoms with Crippen LogP contribution in [0.4, 0.5) is 0 Å². The molecule has 0 aliphatic carbocycles. The molecule has 0 aliphatic rings. The fraction of sp³-hybridized carbons (Fsp3) is 0.750. The highest BCUT2D eigenvalue weighted by atomic mass is 35.5. The first-order valence-electron chi connectivity index (χ1n) is 8.12. The number of aromatic nitrogens is 4. The number of imidazole rings is 1. The smallest absolute Gasteiger partial charge is 0.158 e. The zero-order valence-electron chi connectivity index (χ0n) is 13.7. The number of alkyl halides is 1. The first kappa shape index (κ1) is 16.3. The van der Waals surface area contributed by atoms with Gasteiger partial charge in [-0.2, -0.15) is 5.10 Å². The highest BCUT2D eigenvalue weighted by molar-refractivity contribution is 6.16. The molecule has 2 rings (SSSR count). The van der Waals surface area contributed by atoms with Crippen LogP contribution in [0.25, 0.3) is 11.2 Å². The molecule has 0 aromatic carbocycles. The van der Waals surface area contributed by atoms with Gasteiger partial charge < -0.3 is 4.57 Å². The third-order valence-electron chi connectivity index (χ3n) is 4.18. The summed E-state index contributed by atoms with van der Waals surface area (Å²) in [6.07, 6.45) is 7.23. The molecule has 2 heterocycles. The molecule has 1 atom stereocenters. The first-order chi connectivity index (χ1) is 10.1. The monoisotopic (exact) mass is 310 g/mol. The fourth-order valence-corrected chi connectivity index (χ4v) is 3.23. The topological polar surface area (TPSA) is 35.6 Å². The molecule has 0 radical (unpaired) electrons. The van der Waals surface area contributed by atoms with Crippen LogP contribution < -0.4 is 0 Å². The summed E-state index contributed by atoms with van der Waals surface area (Å²) in [6, 6.07) is 0.417. The van der Waals surface area contributed by atoms with Gasteiger partial charge in [0, 0.05) is 13.1 Å². The van der Waals surface area contributed by atoms with Gasteiger partial charge in [0.15, 0.2) is 5.65 Å². The number of hydrogen-bond donors (Lipinski definition) is 0. The summed E-state index contributed by atoms with van der Waals surface area (Å²) in [4.78, 5) is 4.74. The zero-order valence-corrected chi connectivity index (χ0v) is 14.4. The molecule has 4 nitrogen and oxygen atoms in total. The number of unbranched alkanes of at least 4 members (excludes halogenated alkanes) is 3. The molecule has 0 amide bonds. The first-order valence-corrected chi connectivity index (χ1v) is 8.66. The summed E-state index contributed by atoms with van der Waals surface area (Å²) >= 11 is 6.12. The Morgan fingerprint density at radius 3 is 2.57 bits per heavy atom. The van der Waals surface area contributed by atoms with Crippen LogP contribution in [-0.2, 0) is 19.3 Å². The molecule has 5 heteroatoms. The van der Waals surface area contributed by atoms with Gasteiger partial charge in [-0.15, -0.1) is 11.6 Å². The largest absolute Gasteiger partial charge is 0.309 e. The van der Waals surface area contributed by atoms with Crippen LogP contribution in [0.2, 0.25) is 0 Å². The summed E-state index contributed by atoms with van der Waals surface area (Å²) in [5.74, 6) is 1.43. The second kappa shape index (κ2) is 7.30. The van der Waals surface area contributed by atoms with Crippen LogP contribution in [0, 0.1) is 0 Å². The van der Waals surface area contributed by atoms with Crippen molar-refractivity contribution in [2.45, 2.75) is 71.2 Å². The van der Waals surface area contributed by atoms with Crippen LogP contribution in [0.5, 0.6) is 0 Å². The number of halogens is 1. The minimum absolute atomic E-state index is 0.417. The van der Waals surface area contributed by atoms with Crippen molar-refractivity contribution >= 4 is 22.8 Å². The maximum atomic E-state index is 6.12. The molecule has 0 spiro atoms. The van der Waals surface area contributed by atoms with Crippen molar-refractivity contribution in [2.24, 2.45) is 7.05 Å². The Kier molecular flexibility index (Phi) is 5.68. The predicted octanol–water partition coefficient (Wildman–Crippen LogP) is 4.60. The van der Waals surface area contributed by atoms with Gasteiger partial charge in [-0.05, 0) is 19.8 Å². The summed E-state index contributed by atoms with van der Waals surface area (Å²) in [5, 5.41) is 4.59. The molecule has 0 aliphatic heterocycles. The summed E-state index contributed by atoms with van der Waals surface area (Å²) in [5.41, 5.74) is 3.21. The van der Waals surface area contributed by atoms with E-state index in [-0.39, 0.29) is 0 Å². The Labute approximate surface area is 132 Å². The van der Waals surface area contributed by atoms with E-state index < -0.39 is 0 Å². The number of hydrogen-bond acceptors (Lipinski definition) is 2. The van der Waals surface area contributed by atoms with E-state index in [1.807, 2.05) is 11.7 Å². The third-order valence-corrected chi connectivity index (χ3v) is 4.42. The Bertz CT molecular complexity index is 585. The number of aryl methyl sites for hydroxylation is 2. The van der Waals surface area contributed by atoms with Crippen molar-refractivity contribution in [1.82, 2.24) is 19.3 Å². The van der Waals surface area contributed by atoms with Crippen molar-refractivity contribution in [3.63, 3.8) is 0 Å². The SMILES string of the molecule is CCCCCCC(C)n1c(CCl)nc2c(CC)nn(C)c21. The van der Waals surface area contributed by atoms with Crippen LogP contribution in [0.3, 0.4) is 0 Å². The quantitative estimate of drug-likeness (QED) is 0.527. The minimum Gasteiger partial charge on any atom is -0.309 e. The van der Waals surface area contributed by atoms with Crippen LogP contribution in [0.15, 0.2) is 0 Å². The van der Waals surface area contributed by atoms with E-state index in [4.69, 9.17) is 16.6 Å². The van der Waals surface area contributed by atoms with Crippen molar-refractivity contribution in [1.29, 1.82) is 0 Å². The Balaban J connectivity index is 2.30. The van der Waals surface area contributed by atoms with Gasteiger partial charge in [0.25, 0.3) is 0 Å². The van der Waals surface area contributed by atoms with Gasteiger partial charge in [-0.3, -0.25) is 4.68 Å². The van der Waals surface area contributed by atoms with Crippen molar-refractivity contribution < 1.29 is 0 Å². The van der Waals surface area contributed by atoms with E-state index >= 15 is 0 Å². The van der Waals surface area contributed by atoms with Crippen LogP contribution >= 0.6 is 11.6 Å². The normalized spacial score (nSPS) is 13.2. The van der Waals surface area contributed by atoms with Gasteiger partial charge in [-0.1, -0.05) is 39.5 Å². The maximum absolute atomic E-state index is 6.12. The number of nitrogens with zero attached hydrogens (tertiary/aromatic N) is 4. The lowest BCUT2D eigenvalue weighted by Crippen LogP contribution is -2.11. The average molecular weight is 311 g/mol. The molecule has 21 heavy (non-hydrogen) atoms. The molecule has 2 aromatic heterocycles. The van der Waals surface area contributed by atoms with Gasteiger partial charge in [0.1, 0.15) is 11.3 Å². The Hall–Kier alpha value is -1.03. The molecule has 0 bridgehead atoms. The fourth-order valence-electron chi connectivity index (χ4n) is 3.04. The standard InChI is InChI=1S/C16H27ClN4/c1-5-7-8-9-10-12(3)21-14(11-17)18-15-13(6-2)19-20(4)16(15)21/h12H,5-11H2,1-4H3. The van der Waals surface area contributed by atoms with E-state index in [9.17, 15) is 0 Å². The van der Waals surface area contributed by atoms with Crippen molar-refractivity contribution in [3.8, 4) is 0 Å². The molecule has 0 saturated carbocycles. The van der Waals surface area contributed by atoms with Crippen LogP contribution in [0.1, 0.15) is 70.4 Å². The van der Waals surface area contributed by atoms with Gasteiger partial charge >= 0.3 is 0 Å². The number of fused-ring (bicyclic) bond motifs is 1. The molecule has 0 fully saturated rings. The molecule has 0 N–H and O–H groups in total. The van der Waals surface area contributed by atoms with E-state index in [1.54, 1.807) is 0 Å². The zero-order chi connectivity index (χ0) is 15.4. The summed E-state index contributed by atoms with van der Waals surface area (Å²) in [6.45, 7) is 6.63. The van der Waals surface area contributed by atoms with Crippen molar-refractivity contribution in [3.05, 3.63) is 11.5 Å². The molecular weight excluding hydrogens is 284 g/mol. The maximum Gasteiger partial charge on any atom is 0.158 e. The second-order valence-electron chi connectivity index (χ2n) is 5.83. The van der Waals surface area contributed by atoms with E-state index in [0.717, 1.165) is 29.1 Å².